The molecule has 0 spiro atoms. The number of aliphatic hydroxyl groups is 2. The quantitative estimate of drug-likeness (QED) is 0.162. The molecule has 1 amide bonds. The first kappa shape index (κ1) is 30.7. The summed E-state index contributed by atoms with van der Waals surface area (Å²) >= 11 is 0. The highest BCUT2D eigenvalue weighted by molar-refractivity contribution is 5.98. The predicted octanol–water partition coefficient (Wildman–Crippen LogP) is 5.23. The SMILES string of the molecule is CNC(=O)c1ccc2c(Oc3ccc(C[C@@H](CO)N(Cc4ccccc4)C[C@H](O)COc4ccccc4)cc3)ccnc2c1. The van der Waals surface area contributed by atoms with E-state index in [1.165, 1.54) is 0 Å². The maximum atomic E-state index is 12.0. The first-order chi connectivity index (χ1) is 21.5. The summed E-state index contributed by atoms with van der Waals surface area (Å²) in [4.78, 5) is 18.5. The van der Waals surface area contributed by atoms with Gasteiger partial charge in [-0.1, -0.05) is 60.7 Å². The second-order valence-electron chi connectivity index (χ2n) is 10.6. The molecule has 5 rings (SSSR count). The highest BCUT2D eigenvalue weighted by Crippen LogP contribution is 2.30. The number of fused-ring (bicyclic) bond motifs is 1. The third-order valence-electron chi connectivity index (χ3n) is 7.40. The fourth-order valence-electron chi connectivity index (χ4n) is 5.09. The molecule has 1 aromatic heterocycles. The number of carbonyl (C=O) groups is 1. The van der Waals surface area contributed by atoms with Crippen LogP contribution in [0, 0.1) is 0 Å². The van der Waals surface area contributed by atoms with E-state index in [1.54, 1.807) is 31.4 Å². The van der Waals surface area contributed by atoms with Gasteiger partial charge in [0, 0.05) is 43.3 Å². The average Bonchev–Trinajstić information content (AvgIpc) is 3.07. The summed E-state index contributed by atoms with van der Waals surface area (Å²) in [5, 5.41) is 24.8. The number of aliphatic hydroxyl groups excluding tert-OH is 2. The summed E-state index contributed by atoms with van der Waals surface area (Å²) in [6, 6.07) is 34.1. The number of aromatic nitrogens is 1. The van der Waals surface area contributed by atoms with E-state index in [4.69, 9.17) is 9.47 Å². The van der Waals surface area contributed by atoms with Crippen LogP contribution in [0.4, 0.5) is 0 Å². The Bertz CT molecular complexity index is 1630. The molecule has 0 unspecified atom stereocenters. The van der Waals surface area contributed by atoms with E-state index in [0.717, 1.165) is 16.5 Å². The Morgan fingerprint density at radius 2 is 1.61 bits per heavy atom. The van der Waals surface area contributed by atoms with Crippen molar-refractivity contribution in [2.24, 2.45) is 0 Å². The fourth-order valence-corrected chi connectivity index (χ4v) is 5.09. The molecule has 0 bridgehead atoms. The van der Waals surface area contributed by atoms with Gasteiger partial charge >= 0.3 is 0 Å². The minimum absolute atomic E-state index is 0.0710. The molecule has 2 atom stereocenters. The number of ether oxygens (including phenoxy) is 2. The highest BCUT2D eigenvalue weighted by atomic mass is 16.5. The van der Waals surface area contributed by atoms with Crippen molar-refractivity contribution in [3.05, 3.63) is 132 Å². The zero-order chi connectivity index (χ0) is 30.7. The molecule has 0 radical (unpaired) electrons. The molecule has 226 valence electrons. The molecule has 0 saturated carbocycles. The van der Waals surface area contributed by atoms with Gasteiger partial charge in [-0.15, -0.1) is 0 Å². The number of para-hydroxylation sites is 1. The topological polar surface area (TPSA) is 104 Å². The largest absolute Gasteiger partial charge is 0.491 e. The lowest BCUT2D eigenvalue weighted by Gasteiger charge is -2.32. The zero-order valence-corrected chi connectivity index (χ0v) is 24.7. The van der Waals surface area contributed by atoms with Crippen molar-refractivity contribution in [1.82, 2.24) is 15.2 Å². The molecule has 3 N–H and O–H groups in total. The summed E-state index contributed by atoms with van der Waals surface area (Å²) in [5.74, 6) is 1.83. The predicted molar refractivity (Wildman–Crippen MR) is 171 cm³/mol. The Morgan fingerprint density at radius 3 is 2.32 bits per heavy atom. The Hall–Kier alpha value is -4.76. The molecule has 1 heterocycles. The van der Waals surface area contributed by atoms with E-state index in [1.807, 2.05) is 91.0 Å². The Kier molecular flexibility index (Phi) is 10.5. The van der Waals surface area contributed by atoms with Gasteiger partial charge in [0.15, 0.2) is 0 Å². The second-order valence-corrected chi connectivity index (χ2v) is 10.6. The van der Waals surface area contributed by atoms with Gasteiger partial charge in [0.1, 0.15) is 30.0 Å². The van der Waals surface area contributed by atoms with Crippen LogP contribution in [0.25, 0.3) is 10.9 Å². The van der Waals surface area contributed by atoms with Gasteiger partial charge < -0.3 is 25.0 Å². The van der Waals surface area contributed by atoms with Crippen LogP contribution in [0.3, 0.4) is 0 Å². The van der Waals surface area contributed by atoms with Gasteiger partial charge in [-0.05, 0) is 66.1 Å². The van der Waals surface area contributed by atoms with Crippen LogP contribution in [0.2, 0.25) is 0 Å². The first-order valence-corrected chi connectivity index (χ1v) is 14.6. The number of hydrogen-bond donors (Lipinski definition) is 3. The van der Waals surface area contributed by atoms with E-state index in [0.29, 0.717) is 47.8 Å². The van der Waals surface area contributed by atoms with Crippen LogP contribution < -0.4 is 14.8 Å². The van der Waals surface area contributed by atoms with Crippen LogP contribution >= 0.6 is 0 Å². The molecular weight excluding hydrogens is 554 g/mol. The smallest absolute Gasteiger partial charge is 0.251 e. The molecule has 0 aliphatic rings. The molecule has 8 heteroatoms. The first-order valence-electron chi connectivity index (χ1n) is 14.6. The van der Waals surface area contributed by atoms with Crippen molar-refractivity contribution in [2.45, 2.75) is 25.1 Å². The lowest BCUT2D eigenvalue weighted by molar-refractivity contribution is 0.0335. The summed E-state index contributed by atoms with van der Waals surface area (Å²) < 4.78 is 12.0. The molecular formula is C36H37N3O5. The molecule has 0 aliphatic carbocycles. The molecule has 5 aromatic rings. The van der Waals surface area contributed by atoms with Crippen molar-refractivity contribution in [1.29, 1.82) is 0 Å². The second kappa shape index (κ2) is 15.1. The van der Waals surface area contributed by atoms with Crippen molar-refractivity contribution in [3.8, 4) is 17.2 Å². The van der Waals surface area contributed by atoms with E-state index in [2.05, 4.69) is 15.2 Å². The molecule has 44 heavy (non-hydrogen) atoms. The molecule has 8 nitrogen and oxygen atoms in total. The lowest BCUT2D eigenvalue weighted by Crippen LogP contribution is -2.44. The Balaban J connectivity index is 1.27. The molecule has 0 saturated heterocycles. The number of pyridine rings is 1. The van der Waals surface area contributed by atoms with Crippen molar-refractivity contribution in [3.63, 3.8) is 0 Å². The maximum Gasteiger partial charge on any atom is 0.251 e. The van der Waals surface area contributed by atoms with Gasteiger partial charge in [0.25, 0.3) is 5.91 Å². The van der Waals surface area contributed by atoms with Gasteiger partial charge in [0.05, 0.1) is 12.1 Å². The minimum Gasteiger partial charge on any atom is -0.491 e. The average molecular weight is 592 g/mol. The minimum atomic E-state index is -0.744. The Morgan fingerprint density at radius 1 is 0.886 bits per heavy atom. The number of amides is 1. The van der Waals surface area contributed by atoms with Crippen molar-refractivity contribution >= 4 is 16.8 Å². The number of nitrogens with zero attached hydrogens (tertiary/aromatic N) is 2. The van der Waals surface area contributed by atoms with Crippen molar-refractivity contribution < 1.29 is 24.5 Å². The highest BCUT2D eigenvalue weighted by Gasteiger charge is 2.22. The van der Waals surface area contributed by atoms with Gasteiger partial charge in [-0.2, -0.15) is 0 Å². The summed E-state index contributed by atoms with van der Waals surface area (Å²) in [7, 11) is 1.60. The van der Waals surface area contributed by atoms with E-state index in [9.17, 15) is 15.0 Å². The van der Waals surface area contributed by atoms with Crippen molar-refractivity contribution in [2.75, 3.05) is 26.8 Å². The molecule has 0 aliphatic heterocycles. The van der Waals surface area contributed by atoms with Crippen LogP contribution in [0.5, 0.6) is 17.2 Å². The number of nitrogens with one attached hydrogen (secondary N) is 1. The number of rotatable bonds is 14. The third-order valence-corrected chi connectivity index (χ3v) is 7.40. The summed E-state index contributed by atoms with van der Waals surface area (Å²) in [6.45, 7) is 0.992. The summed E-state index contributed by atoms with van der Waals surface area (Å²) in [6.07, 6.45) is 1.49. The standard InChI is InChI=1S/C36H37N3O5/c1-37-36(42)28-14-17-33-34(21-28)38-19-18-35(33)44-32-15-12-26(13-16-32)20-29(24-40)39(22-27-8-4-2-5-9-27)23-30(41)25-43-31-10-6-3-7-11-31/h2-19,21,29-30,40-41H,20,22-25H2,1H3,(H,37,42)/t29-,30-/m0/s1. The maximum absolute atomic E-state index is 12.0. The van der Waals surface area contributed by atoms with Gasteiger partial charge in [-0.3, -0.25) is 14.7 Å². The molecule has 4 aromatic carbocycles. The van der Waals surface area contributed by atoms with Crippen LogP contribution in [-0.2, 0) is 13.0 Å². The molecule has 0 fully saturated rings. The lowest BCUT2D eigenvalue weighted by atomic mass is 10.0. The van der Waals surface area contributed by atoms with Crippen LogP contribution in [0.1, 0.15) is 21.5 Å². The van der Waals surface area contributed by atoms with E-state index < -0.39 is 6.10 Å². The van der Waals surface area contributed by atoms with E-state index >= 15 is 0 Å². The van der Waals surface area contributed by atoms with Crippen LogP contribution in [-0.4, -0.2) is 65.0 Å². The third kappa shape index (κ3) is 8.20. The monoisotopic (exact) mass is 591 g/mol. The van der Waals surface area contributed by atoms with Gasteiger partial charge in [0.2, 0.25) is 0 Å². The Labute approximate surface area is 257 Å². The number of carbonyl (C=O) groups excluding carboxylic acids is 1. The van der Waals surface area contributed by atoms with Crippen LogP contribution in [0.15, 0.2) is 115 Å². The normalized spacial score (nSPS) is 12.5. The van der Waals surface area contributed by atoms with E-state index in [-0.39, 0.29) is 25.2 Å². The number of hydrogen-bond acceptors (Lipinski definition) is 7. The zero-order valence-electron chi connectivity index (χ0n) is 24.7. The van der Waals surface area contributed by atoms with Gasteiger partial charge in [-0.25, -0.2) is 0 Å². The fraction of sp³-hybridized carbons (Fsp3) is 0.222. The number of benzene rings is 4. The summed E-state index contributed by atoms with van der Waals surface area (Å²) in [5.41, 5.74) is 3.32.